The molecule has 0 aliphatic heterocycles. The van der Waals surface area contributed by atoms with Gasteiger partial charge in [-0.05, 0) is 44.5 Å². The predicted octanol–water partition coefficient (Wildman–Crippen LogP) is 3.49. The van der Waals surface area contributed by atoms with E-state index >= 15 is 0 Å². The molecule has 1 rings (SSSR count). The number of ether oxygens (including phenoxy) is 2. The van der Waals surface area contributed by atoms with E-state index in [1.807, 2.05) is 12.1 Å². The highest BCUT2D eigenvalue weighted by Crippen LogP contribution is 2.15. The number of hydrogen-bond donors (Lipinski definition) is 1. The Balaban J connectivity index is 2.96. The van der Waals surface area contributed by atoms with E-state index in [1.165, 1.54) is 13.2 Å². The molecule has 0 radical (unpaired) electrons. The quantitative estimate of drug-likeness (QED) is 0.665. The molecule has 1 aromatic rings. The van der Waals surface area contributed by atoms with Gasteiger partial charge in [-0.1, -0.05) is 28.1 Å². The lowest BCUT2D eigenvalue weighted by atomic mass is 10.2. The fourth-order valence-corrected chi connectivity index (χ4v) is 1.85. The normalized spacial score (nSPS) is 11.8. The van der Waals surface area contributed by atoms with E-state index in [1.54, 1.807) is 32.9 Å². The van der Waals surface area contributed by atoms with E-state index in [-0.39, 0.29) is 5.70 Å². The number of carbonyl (C=O) groups is 2. The van der Waals surface area contributed by atoms with E-state index in [2.05, 4.69) is 26.0 Å². The number of hydrogen-bond acceptors (Lipinski definition) is 4. The van der Waals surface area contributed by atoms with Crippen LogP contribution in [-0.2, 0) is 14.3 Å². The number of halogens is 1. The van der Waals surface area contributed by atoms with Crippen molar-refractivity contribution in [3.05, 3.63) is 40.0 Å². The molecule has 0 heterocycles. The van der Waals surface area contributed by atoms with Crippen molar-refractivity contribution < 1.29 is 19.1 Å². The molecule has 1 aromatic carbocycles. The average molecular weight is 356 g/mol. The number of rotatable bonds is 3. The van der Waals surface area contributed by atoms with Crippen LogP contribution in [-0.4, -0.2) is 24.8 Å². The Morgan fingerprint density at radius 2 is 1.95 bits per heavy atom. The summed E-state index contributed by atoms with van der Waals surface area (Å²) in [5.41, 5.74) is 0.0897. The molecule has 0 unspecified atom stereocenters. The molecule has 21 heavy (non-hydrogen) atoms. The molecule has 1 amide bonds. The predicted molar refractivity (Wildman–Crippen MR) is 83.5 cm³/mol. The molecule has 0 spiro atoms. The summed E-state index contributed by atoms with van der Waals surface area (Å²) in [4.78, 5) is 23.5. The molecule has 6 heteroatoms. The summed E-state index contributed by atoms with van der Waals surface area (Å²) in [5.74, 6) is -0.652. The van der Waals surface area contributed by atoms with Crippen LogP contribution in [0, 0.1) is 0 Å². The van der Waals surface area contributed by atoms with Crippen molar-refractivity contribution >= 4 is 34.1 Å². The summed E-state index contributed by atoms with van der Waals surface area (Å²) in [6.45, 7) is 5.22. The van der Waals surface area contributed by atoms with Gasteiger partial charge in [0.2, 0.25) is 0 Å². The van der Waals surface area contributed by atoms with E-state index in [9.17, 15) is 9.59 Å². The molecule has 0 aromatic heterocycles. The third kappa shape index (κ3) is 6.44. The van der Waals surface area contributed by atoms with Gasteiger partial charge in [0.15, 0.2) is 0 Å². The Morgan fingerprint density at radius 3 is 2.48 bits per heavy atom. The Morgan fingerprint density at radius 1 is 1.29 bits per heavy atom. The minimum absolute atomic E-state index is 0.00449. The summed E-state index contributed by atoms with van der Waals surface area (Å²) in [5, 5.41) is 2.40. The number of nitrogens with one attached hydrogen (secondary N) is 1. The van der Waals surface area contributed by atoms with Crippen molar-refractivity contribution in [2.24, 2.45) is 0 Å². The lowest BCUT2D eigenvalue weighted by Crippen LogP contribution is -2.34. The van der Waals surface area contributed by atoms with Crippen LogP contribution in [0.15, 0.2) is 34.4 Å². The Labute approximate surface area is 132 Å². The molecule has 0 aliphatic rings. The first-order valence-corrected chi connectivity index (χ1v) is 7.06. The molecular formula is C15H18BrNO4. The Kier molecular flexibility index (Phi) is 5.96. The number of methoxy groups -OCH3 is 1. The number of benzene rings is 1. The first-order valence-electron chi connectivity index (χ1n) is 6.27. The van der Waals surface area contributed by atoms with Crippen LogP contribution in [0.2, 0.25) is 0 Å². The number of alkyl carbamates (subject to hydrolysis) is 1. The second-order valence-corrected chi connectivity index (χ2v) is 6.15. The number of carbonyl (C=O) groups excluding carboxylic acids is 2. The second-order valence-electron chi connectivity index (χ2n) is 5.23. The largest absolute Gasteiger partial charge is 0.464 e. The monoisotopic (exact) mass is 355 g/mol. The molecule has 1 N–H and O–H groups in total. The fraction of sp³-hybridized carbons (Fsp3) is 0.333. The van der Waals surface area contributed by atoms with Crippen LogP contribution in [0.1, 0.15) is 26.3 Å². The second kappa shape index (κ2) is 7.26. The van der Waals surface area contributed by atoms with Gasteiger partial charge in [0.25, 0.3) is 0 Å². The minimum Gasteiger partial charge on any atom is -0.464 e. The van der Waals surface area contributed by atoms with Gasteiger partial charge < -0.3 is 9.47 Å². The van der Waals surface area contributed by atoms with Crippen molar-refractivity contribution in [3.63, 3.8) is 0 Å². The van der Waals surface area contributed by atoms with Gasteiger partial charge in [0.1, 0.15) is 11.3 Å². The molecule has 0 atom stereocenters. The molecule has 0 bridgehead atoms. The standard InChI is InChI=1S/C15H18BrNO4/c1-15(2,3)21-14(19)17-12(13(18)20-4)9-10-6-5-7-11(16)8-10/h5-9H,1-4H3,(H,17,19)/b12-9-. The van der Waals surface area contributed by atoms with E-state index in [0.29, 0.717) is 0 Å². The number of amides is 1. The van der Waals surface area contributed by atoms with Crippen LogP contribution >= 0.6 is 15.9 Å². The summed E-state index contributed by atoms with van der Waals surface area (Å²) >= 11 is 3.34. The van der Waals surface area contributed by atoms with Gasteiger partial charge in [0, 0.05) is 4.47 Å². The van der Waals surface area contributed by atoms with Gasteiger partial charge in [-0.2, -0.15) is 0 Å². The van der Waals surface area contributed by atoms with Gasteiger partial charge >= 0.3 is 12.1 Å². The molecule has 114 valence electrons. The van der Waals surface area contributed by atoms with Gasteiger partial charge in [-0.3, -0.25) is 5.32 Å². The van der Waals surface area contributed by atoms with E-state index in [0.717, 1.165) is 10.0 Å². The highest BCUT2D eigenvalue weighted by atomic mass is 79.9. The molecular weight excluding hydrogens is 338 g/mol. The van der Waals surface area contributed by atoms with Crippen LogP contribution in [0.25, 0.3) is 6.08 Å². The lowest BCUT2D eigenvalue weighted by molar-refractivity contribution is -0.136. The first kappa shape index (κ1) is 17.2. The van der Waals surface area contributed by atoms with Crippen molar-refractivity contribution in [1.82, 2.24) is 5.32 Å². The topological polar surface area (TPSA) is 64.6 Å². The third-order valence-corrected chi connectivity index (χ3v) is 2.69. The zero-order valence-corrected chi connectivity index (χ0v) is 14.0. The van der Waals surface area contributed by atoms with Crippen LogP contribution in [0.3, 0.4) is 0 Å². The zero-order valence-electron chi connectivity index (χ0n) is 12.4. The molecule has 0 saturated carbocycles. The molecule has 0 aliphatic carbocycles. The molecule has 0 fully saturated rings. The van der Waals surface area contributed by atoms with Gasteiger partial charge in [0.05, 0.1) is 7.11 Å². The van der Waals surface area contributed by atoms with Crippen molar-refractivity contribution in [2.75, 3.05) is 7.11 Å². The highest BCUT2D eigenvalue weighted by Gasteiger charge is 2.20. The maximum atomic E-state index is 11.8. The Bertz CT molecular complexity index is 561. The van der Waals surface area contributed by atoms with Crippen LogP contribution in [0.5, 0.6) is 0 Å². The third-order valence-electron chi connectivity index (χ3n) is 2.20. The maximum Gasteiger partial charge on any atom is 0.412 e. The molecule has 5 nitrogen and oxygen atoms in total. The maximum absolute atomic E-state index is 11.8. The van der Waals surface area contributed by atoms with Crippen molar-refractivity contribution in [2.45, 2.75) is 26.4 Å². The smallest absolute Gasteiger partial charge is 0.412 e. The summed E-state index contributed by atoms with van der Waals surface area (Å²) in [6, 6.07) is 7.28. The number of esters is 1. The SMILES string of the molecule is COC(=O)/C(=C/c1cccc(Br)c1)NC(=O)OC(C)(C)C. The Hall–Kier alpha value is -1.82. The summed E-state index contributed by atoms with van der Waals surface area (Å²) in [6.07, 6.45) is 0.801. The minimum atomic E-state index is -0.714. The van der Waals surface area contributed by atoms with E-state index < -0.39 is 17.7 Å². The van der Waals surface area contributed by atoms with Crippen LogP contribution in [0.4, 0.5) is 4.79 Å². The van der Waals surface area contributed by atoms with Crippen LogP contribution < -0.4 is 5.32 Å². The first-order chi connectivity index (χ1) is 9.71. The molecule has 0 saturated heterocycles. The summed E-state index contributed by atoms with van der Waals surface area (Å²) in [7, 11) is 1.24. The van der Waals surface area contributed by atoms with Crippen molar-refractivity contribution in [3.8, 4) is 0 Å². The zero-order chi connectivity index (χ0) is 16.0. The average Bonchev–Trinajstić information content (AvgIpc) is 2.34. The van der Waals surface area contributed by atoms with Gasteiger partial charge in [-0.15, -0.1) is 0 Å². The lowest BCUT2D eigenvalue weighted by Gasteiger charge is -2.20. The summed E-state index contributed by atoms with van der Waals surface area (Å²) < 4.78 is 10.6. The van der Waals surface area contributed by atoms with Gasteiger partial charge in [-0.25, -0.2) is 9.59 Å². The van der Waals surface area contributed by atoms with E-state index in [4.69, 9.17) is 4.74 Å². The highest BCUT2D eigenvalue weighted by molar-refractivity contribution is 9.10. The van der Waals surface area contributed by atoms with Crippen molar-refractivity contribution in [1.29, 1.82) is 0 Å². The fourth-order valence-electron chi connectivity index (χ4n) is 1.43.